The molecule has 3 unspecified atom stereocenters. The van der Waals surface area contributed by atoms with Crippen LogP contribution in [0.15, 0.2) is 0 Å². The quantitative estimate of drug-likeness (QED) is 0.766. The molecule has 0 aromatic rings. The Morgan fingerprint density at radius 3 is 2.86 bits per heavy atom. The Kier molecular flexibility index (Phi) is 4.75. The second kappa shape index (κ2) is 5.61. The van der Waals surface area contributed by atoms with E-state index in [1.54, 1.807) is 18.7 Å². The molecule has 0 saturated carbocycles. The molecule has 0 aliphatic carbocycles. The topological polar surface area (TPSA) is 46.5 Å². The summed E-state index contributed by atoms with van der Waals surface area (Å²) in [6.07, 6.45) is 2.62. The molecule has 1 N–H and O–H groups in total. The fourth-order valence-electron chi connectivity index (χ4n) is 1.38. The Hall–Kier alpha value is -0.220. The second-order valence-corrected chi connectivity index (χ2v) is 5.21. The summed E-state index contributed by atoms with van der Waals surface area (Å²) in [5.74, 6) is -0.0579. The first-order valence-corrected chi connectivity index (χ1v) is 6.12. The van der Waals surface area contributed by atoms with E-state index in [9.17, 15) is 4.79 Å². The molecule has 0 aromatic carbocycles. The summed E-state index contributed by atoms with van der Waals surface area (Å²) < 4.78 is 5.48. The summed E-state index contributed by atoms with van der Waals surface area (Å²) >= 11 is 1.70. The maximum atomic E-state index is 10.7. The van der Waals surface area contributed by atoms with Crippen molar-refractivity contribution in [2.45, 2.75) is 38.0 Å². The smallest absolute Gasteiger partial charge is 0.307 e. The van der Waals surface area contributed by atoms with Crippen molar-refractivity contribution >= 4 is 17.7 Å². The van der Waals surface area contributed by atoms with Gasteiger partial charge in [0.2, 0.25) is 0 Å². The van der Waals surface area contributed by atoms with Gasteiger partial charge in [0.25, 0.3) is 0 Å². The van der Waals surface area contributed by atoms with Gasteiger partial charge in [0.05, 0.1) is 12.0 Å². The minimum Gasteiger partial charge on any atom is -0.481 e. The van der Waals surface area contributed by atoms with Gasteiger partial charge in [-0.05, 0) is 12.8 Å². The zero-order valence-corrected chi connectivity index (χ0v) is 9.55. The number of carboxylic acid groups (broad SMARTS) is 1. The third kappa shape index (κ3) is 3.50. The average molecular weight is 218 g/mol. The fraction of sp³-hybridized carbons (Fsp3) is 0.900. The van der Waals surface area contributed by atoms with Gasteiger partial charge in [0.15, 0.2) is 0 Å². The van der Waals surface area contributed by atoms with Gasteiger partial charge in [0, 0.05) is 17.6 Å². The third-order valence-electron chi connectivity index (χ3n) is 2.66. The van der Waals surface area contributed by atoms with Crippen molar-refractivity contribution in [3.8, 4) is 0 Å². The highest BCUT2D eigenvalue weighted by Crippen LogP contribution is 2.24. The average Bonchev–Trinajstić information content (AvgIpc) is 2.65. The molecule has 82 valence electrons. The van der Waals surface area contributed by atoms with Gasteiger partial charge < -0.3 is 9.84 Å². The van der Waals surface area contributed by atoms with Crippen molar-refractivity contribution in [3.05, 3.63) is 0 Å². The molecule has 0 amide bonds. The van der Waals surface area contributed by atoms with E-state index in [1.165, 1.54) is 0 Å². The monoisotopic (exact) mass is 218 g/mol. The first-order valence-electron chi connectivity index (χ1n) is 5.07. The SMILES string of the molecule is CC(SCC1CCCO1)C(C)C(=O)O. The third-order valence-corrected chi connectivity index (χ3v) is 4.16. The molecule has 14 heavy (non-hydrogen) atoms. The van der Waals surface area contributed by atoms with Crippen LogP contribution in [0.1, 0.15) is 26.7 Å². The van der Waals surface area contributed by atoms with Gasteiger partial charge in [-0.15, -0.1) is 0 Å². The highest BCUT2D eigenvalue weighted by molar-refractivity contribution is 7.99. The normalized spacial score (nSPS) is 26.0. The summed E-state index contributed by atoms with van der Waals surface area (Å²) in [5, 5.41) is 8.96. The first kappa shape index (κ1) is 11.9. The van der Waals surface area contributed by atoms with Crippen LogP contribution < -0.4 is 0 Å². The molecule has 1 rings (SSSR count). The Bertz CT molecular complexity index is 190. The highest BCUT2D eigenvalue weighted by Gasteiger charge is 2.22. The van der Waals surface area contributed by atoms with E-state index < -0.39 is 5.97 Å². The Labute approximate surface area is 89.2 Å². The van der Waals surface area contributed by atoms with Crippen LogP contribution in [0.25, 0.3) is 0 Å². The maximum Gasteiger partial charge on any atom is 0.307 e. The Balaban J connectivity index is 2.19. The molecule has 1 saturated heterocycles. The van der Waals surface area contributed by atoms with Crippen LogP contribution in [0.4, 0.5) is 0 Å². The molecule has 1 heterocycles. The number of carboxylic acids is 1. The largest absolute Gasteiger partial charge is 0.481 e. The molecular weight excluding hydrogens is 200 g/mol. The molecule has 0 spiro atoms. The van der Waals surface area contributed by atoms with Gasteiger partial charge in [0.1, 0.15) is 0 Å². The lowest BCUT2D eigenvalue weighted by atomic mass is 10.1. The van der Waals surface area contributed by atoms with E-state index >= 15 is 0 Å². The van der Waals surface area contributed by atoms with Crippen molar-refractivity contribution in [3.63, 3.8) is 0 Å². The molecule has 1 fully saturated rings. The van der Waals surface area contributed by atoms with Crippen molar-refractivity contribution in [2.24, 2.45) is 5.92 Å². The number of carbonyl (C=O) groups is 1. The van der Waals surface area contributed by atoms with Crippen molar-refractivity contribution in [1.29, 1.82) is 0 Å². The zero-order chi connectivity index (χ0) is 10.6. The number of hydrogen-bond donors (Lipinski definition) is 1. The summed E-state index contributed by atoms with van der Waals surface area (Å²) in [4.78, 5) is 10.7. The summed E-state index contributed by atoms with van der Waals surface area (Å²) in [6, 6.07) is 0. The minimum atomic E-state index is -0.711. The van der Waals surface area contributed by atoms with Gasteiger partial charge in [-0.3, -0.25) is 4.79 Å². The van der Waals surface area contributed by atoms with Gasteiger partial charge in [-0.1, -0.05) is 13.8 Å². The molecule has 1 aliphatic heterocycles. The van der Waals surface area contributed by atoms with E-state index in [2.05, 4.69) is 0 Å². The maximum absolute atomic E-state index is 10.7. The van der Waals surface area contributed by atoms with E-state index in [0.717, 1.165) is 25.2 Å². The number of rotatable bonds is 5. The van der Waals surface area contributed by atoms with Crippen LogP contribution in [-0.4, -0.2) is 34.8 Å². The molecular formula is C10H18O3S. The van der Waals surface area contributed by atoms with Crippen LogP contribution in [0.3, 0.4) is 0 Å². The van der Waals surface area contributed by atoms with E-state index in [1.807, 2.05) is 6.92 Å². The summed E-state index contributed by atoms with van der Waals surface area (Å²) in [5.41, 5.74) is 0. The zero-order valence-electron chi connectivity index (χ0n) is 8.73. The predicted molar refractivity (Wildman–Crippen MR) is 57.7 cm³/mol. The standard InChI is InChI=1S/C10H18O3S/c1-7(10(11)12)8(2)14-6-9-4-3-5-13-9/h7-9H,3-6H2,1-2H3,(H,11,12). The molecule has 3 atom stereocenters. The molecule has 4 heteroatoms. The molecule has 0 radical (unpaired) electrons. The van der Waals surface area contributed by atoms with Gasteiger partial charge >= 0.3 is 5.97 Å². The van der Waals surface area contributed by atoms with E-state index in [4.69, 9.17) is 9.84 Å². The fourth-order valence-corrected chi connectivity index (χ4v) is 2.57. The molecule has 0 bridgehead atoms. The lowest BCUT2D eigenvalue weighted by Gasteiger charge is -2.17. The second-order valence-electron chi connectivity index (χ2n) is 3.80. The van der Waals surface area contributed by atoms with Crippen LogP contribution in [-0.2, 0) is 9.53 Å². The molecule has 3 nitrogen and oxygen atoms in total. The highest BCUT2D eigenvalue weighted by atomic mass is 32.2. The van der Waals surface area contributed by atoms with Crippen LogP contribution in [0.2, 0.25) is 0 Å². The van der Waals surface area contributed by atoms with Crippen molar-refractivity contribution in [1.82, 2.24) is 0 Å². The Morgan fingerprint density at radius 2 is 2.36 bits per heavy atom. The molecule has 1 aliphatic rings. The summed E-state index contributed by atoms with van der Waals surface area (Å²) in [7, 11) is 0. The number of aliphatic carboxylic acids is 1. The lowest BCUT2D eigenvalue weighted by Crippen LogP contribution is -2.22. The van der Waals surface area contributed by atoms with E-state index in [-0.39, 0.29) is 11.2 Å². The first-order chi connectivity index (χ1) is 6.61. The minimum absolute atomic E-state index is 0.164. The number of hydrogen-bond acceptors (Lipinski definition) is 3. The van der Waals surface area contributed by atoms with Gasteiger partial charge in [-0.2, -0.15) is 11.8 Å². The van der Waals surface area contributed by atoms with Crippen LogP contribution in [0.5, 0.6) is 0 Å². The Morgan fingerprint density at radius 1 is 1.64 bits per heavy atom. The number of thioether (sulfide) groups is 1. The number of ether oxygens (including phenoxy) is 1. The van der Waals surface area contributed by atoms with Crippen LogP contribution in [0, 0.1) is 5.92 Å². The van der Waals surface area contributed by atoms with Crippen molar-refractivity contribution in [2.75, 3.05) is 12.4 Å². The predicted octanol–water partition coefficient (Wildman–Crippen LogP) is 2.01. The molecule has 0 aromatic heterocycles. The van der Waals surface area contributed by atoms with Crippen molar-refractivity contribution < 1.29 is 14.6 Å². The summed E-state index contributed by atoms with van der Waals surface area (Å²) in [6.45, 7) is 4.60. The van der Waals surface area contributed by atoms with E-state index in [0.29, 0.717) is 6.10 Å². The lowest BCUT2D eigenvalue weighted by molar-refractivity contribution is -0.140. The van der Waals surface area contributed by atoms with Gasteiger partial charge in [-0.25, -0.2) is 0 Å². The van der Waals surface area contributed by atoms with Crippen LogP contribution >= 0.6 is 11.8 Å².